The van der Waals surface area contributed by atoms with Crippen LogP contribution in [-0.2, 0) is 13.1 Å². The van der Waals surface area contributed by atoms with Crippen LogP contribution in [0.1, 0.15) is 58.1 Å². The average Bonchev–Trinajstić information content (AvgIpc) is 2.85. The first-order chi connectivity index (χ1) is 8.83. The van der Waals surface area contributed by atoms with E-state index >= 15 is 0 Å². The van der Waals surface area contributed by atoms with E-state index in [1.165, 1.54) is 44.2 Å². The van der Waals surface area contributed by atoms with E-state index in [1.807, 2.05) is 12.5 Å². The van der Waals surface area contributed by atoms with Crippen LogP contribution in [0.25, 0.3) is 0 Å². The first kappa shape index (κ1) is 13.6. The molecule has 2 unspecified atom stereocenters. The van der Waals surface area contributed by atoms with Crippen molar-refractivity contribution in [1.29, 1.82) is 0 Å². The molecule has 0 amide bonds. The number of nitrogens with zero attached hydrogens (tertiary/aromatic N) is 2. The molecule has 1 saturated carbocycles. The quantitative estimate of drug-likeness (QED) is 0.838. The van der Waals surface area contributed by atoms with E-state index in [0.717, 1.165) is 19.0 Å². The Labute approximate surface area is 111 Å². The van der Waals surface area contributed by atoms with E-state index in [-0.39, 0.29) is 0 Å². The Bertz CT molecular complexity index is 345. The van der Waals surface area contributed by atoms with Gasteiger partial charge in [0.25, 0.3) is 0 Å². The third kappa shape index (κ3) is 3.58. The van der Waals surface area contributed by atoms with Gasteiger partial charge in [0.05, 0.1) is 12.0 Å². The molecule has 0 bridgehead atoms. The molecule has 102 valence electrons. The zero-order chi connectivity index (χ0) is 12.8. The van der Waals surface area contributed by atoms with Crippen molar-refractivity contribution in [3.05, 3.63) is 18.2 Å². The molecule has 1 aromatic heterocycles. The smallest absolute Gasteiger partial charge is 0.0948 e. The number of imidazole rings is 1. The highest BCUT2D eigenvalue weighted by atomic mass is 15.1. The summed E-state index contributed by atoms with van der Waals surface area (Å²) in [5.74, 6) is 0.941. The molecule has 0 aliphatic heterocycles. The van der Waals surface area contributed by atoms with Crippen molar-refractivity contribution in [3.63, 3.8) is 0 Å². The molecule has 1 N–H and O–H groups in total. The molecular formula is C15H27N3. The Kier molecular flexibility index (Phi) is 5.24. The van der Waals surface area contributed by atoms with Crippen LogP contribution in [0.3, 0.4) is 0 Å². The fourth-order valence-corrected chi connectivity index (χ4v) is 3.03. The van der Waals surface area contributed by atoms with Crippen molar-refractivity contribution < 1.29 is 0 Å². The second-order valence-electron chi connectivity index (χ2n) is 5.60. The summed E-state index contributed by atoms with van der Waals surface area (Å²) in [6, 6.07) is 0.716. The van der Waals surface area contributed by atoms with Crippen LogP contribution in [0.5, 0.6) is 0 Å². The van der Waals surface area contributed by atoms with E-state index in [0.29, 0.717) is 6.04 Å². The second kappa shape index (κ2) is 6.93. The van der Waals surface area contributed by atoms with E-state index in [2.05, 4.69) is 28.7 Å². The van der Waals surface area contributed by atoms with Gasteiger partial charge in [0.15, 0.2) is 0 Å². The van der Waals surface area contributed by atoms with Crippen LogP contribution in [0, 0.1) is 5.92 Å². The molecule has 0 spiro atoms. The number of hydrogen-bond acceptors (Lipinski definition) is 2. The highest BCUT2D eigenvalue weighted by molar-refractivity contribution is 4.98. The molecule has 0 aromatic carbocycles. The minimum Gasteiger partial charge on any atom is -0.333 e. The first-order valence-electron chi connectivity index (χ1n) is 7.55. The largest absolute Gasteiger partial charge is 0.333 e. The SMILES string of the molecule is CCCn1cncc1CNC1CCCC(CC)C1. The van der Waals surface area contributed by atoms with E-state index in [4.69, 9.17) is 0 Å². The fraction of sp³-hybridized carbons (Fsp3) is 0.800. The number of rotatable bonds is 6. The summed E-state index contributed by atoms with van der Waals surface area (Å²) in [5.41, 5.74) is 1.33. The maximum absolute atomic E-state index is 4.26. The maximum atomic E-state index is 4.26. The van der Waals surface area contributed by atoms with Crippen LogP contribution >= 0.6 is 0 Å². The van der Waals surface area contributed by atoms with Gasteiger partial charge in [-0.2, -0.15) is 0 Å². The van der Waals surface area contributed by atoms with Crippen molar-refractivity contribution in [3.8, 4) is 0 Å². The molecule has 3 heteroatoms. The summed E-state index contributed by atoms with van der Waals surface area (Å²) in [5, 5.41) is 3.73. The van der Waals surface area contributed by atoms with Crippen molar-refractivity contribution >= 4 is 0 Å². The molecule has 1 aromatic rings. The summed E-state index contributed by atoms with van der Waals surface area (Å²) in [4.78, 5) is 4.26. The van der Waals surface area contributed by atoms with Crippen molar-refractivity contribution in [2.24, 2.45) is 5.92 Å². The van der Waals surface area contributed by atoms with Crippen molar-refractivity contribution in [2.45, 2.75) is 71.5 Å². The minimum absolute atomic E-state index is 0.716. The van der Waals surface area contributed by atoms with Gasteiger partial charge in [-0.3, -0.25) is 0 Å². The Balaban J connectivity index is 1.81. The maximum Gasteiger partial charge on any atom is 0.0948 e. The van der Waals surface area contributed by atoms with Gasteiger partial charge in [0.2, 0.25) is 0 Å². The molecule has 1 aliphatic carbocycles. The van der Waals surface area contributed by atoms with Crippen LogP contribution < -0.4 is 5.32 Å². The van der Waals surface area contributed by atoms with Gasteiger partial charge in [0, 0.05) is 25.3 Å². The summed E-state index contributed by atoms with van der Waals surface area (Å²) in [7, 11) is 0. The topological polar surface area (TPSA) is 29.9 Å². The second-order valence-corrected chi connectivity index (χ2v) is 5.60. The van der Waals surface area contributed by atoms with Crippen LogP contribution in [0.4, 0.5) is 0 Å². The summed E-state index contributed by atoms with van der Waals surface area (Å²) in [6.07, 6.45) is 12.0. The average molecular weight is 249 g/mol. The molecule has 18 heavy (non-hydrogen) atoms. The Morgan fingerprint density at radius 1 is 1.39 bits per heavy atom. The van der Waals surface area contributed by atoms with Gasteiger partial charge in [-0.25, -0.2) is 4.98 Å². The first-order valence-corrected chi connectivity index (χ1v) is 7.55. The lowest BCUT2D eigenvalue weighted by Gasteiger charge is -2.29. The van der Waals surface area contributed by atoms with E-state index in [9.17, 15) is 0 Å². The van der Waals surface area contributed by atoms with E-state index in [1.54, 1.807) is 0 Å². The molecule has 0 radical (unpaired) electrons. The number of aromatic nitrogens is 2. The van der Waals surface area contributed by atoms with Crippen molar-refractivity contribution in [1.82, 2.24) is 14.9 Å². The van der Waals surface area contributed by atoms with Gasteiger partial charge >= 0.3 is 0 Å². The van der Waals surface area contributed by atoms with Crippen LogP contribution in [0.2, 0.25) is 0 Å². The van der Waals surface area contributed by atoms with Gasteiger partial charge in [-0.05, 0) is 25.2 Å². The molecular weight excluding hydrogens is 222 g/mol. The Hall–Kier alpha value is -0.830. The lowest BCUT2D eigenvalue weighted by Crippen LogP contribution is -2.34. The molecule has 0 saturated heterocycles. The lowest BCUT2D eigenvalue weighted by atomic mass is 9.84. The zero-order valence-electron chi connectivity index (χ0n) is 11.9. The monoisotopic (exact) mass is 249 g/mol. The molecule has 2 rings (SSSR count). The predicted octanol–water partition coefficient (Wildman–Crippen LogP) is 3.35. The molecule has 1 fully saturated rings. The molecule has 2 atom stereocenters. The summed E-state index contributed by atoms with van der Waals surface area (Å²) in [6.45, 7) is 6.59. The molecule has 1 aliphatic rings. The highest BCUT2D eigenvalue weighted by Gasteiger charge is 2.20. The fourth-order valence-electron chi connectivity index (χ4n) is 3.03. The summed E-state index contributed by atoms with van der Waals surface area (Å²) >= 11 is 0. The third-order valence-electron chi connectivity index (χ3n) is 4.20. The third-order valence-corrected chi connectivity index (χ3v) is 4.20. The highest BCUT2D eigenvalue weighted by Crippen LogP contribution is 2.26. The normalized spacial score (nSPS) is 24.3. The van der Waals surface area contributed by atoms with Gasteiger partial charge in [-0.1, -0.05) is 33.1 Å². The number of aryl methyl sites for hydroxylation is 1. The Morgan fingerprint density at radius 2 is 2.28 bits per heavy atom. The van der Waals surface area contributed by atoms with Gasteiger partial charge < -0.3 is 9.88 Å². The van der Waals surface area contributed by atoms with Gasteiger partial charge in [0.1, 0.15) is 0 Å². The number of hydrogen-bond donors (Lipinski definition) is 1. The van der Waals surface area contributed by atoms with Gasteiger partial charge in [-0.15, -0.1) is 0 Å². The van der Waals surface area contributed by atoms with Crippen LogP contribution in [0.15, 0.2) is 12.5 Å². The standard InChI is InChI=1S/C15H27N3/c1-3-8-18-12-16-10-15(18)11-17-14-7-5-6-13(4-2)9-14/h10,12-14,17H,3-9,11H2,1-2H3. The lowest BCUT2D eigenvalue weighted by molar-refractivity contribution is 0.277. The predicted molar refractivity (Wildman–Crippen MR) is 75.4 cm³/mol. The summed E-state index contributed by atoms with van der Waals surface area (Å²) < 4.78 is 2.27. The van der Waals surface area contributed by atoms with E-state index < -0.39 is 0 Å². The molecule has 1 heterocycles. The zero-order valence-corrected chi connectivity index (χ0v) is 11.9. The minimum atomic E-state index is 0.716. The molecule has 3 nitrogen and oxygen atoms in total. The van der Waals surface area contributed by atoms with Crippen molar-refractivity contribution in [2.75, 3.05) is 0 Å². The Morgan fingerprint density at radius 3 is 3.06 bits per heavy atom. The number of nitrogens with one attached hydrogen (secondary N) is 1. The van der Waals surface area contributed by atoms with Crippen LogP contribution in [-0.4, -0.2) is 15.6 Å².